The highest BCUT2D eigenvalue weighted by Crippen LogP contribution is 2.15. The molecule has 0 aliphatic heterocycles. The molecule has 1 heterocycles. The molecule has 0 spiro atoms. The number of benzene rings is 1. The highest BCUT2D eigenvalue weighted by Gasteiger charge is 2.03. The van der Waals surface area contributed by atoms with Gasteiger partial charge in [-0.25, -0.2) is 9.37 Å². The largest absolute Gasteiger partial charge is 0.326 e. The van der Waals surface area contributed by atoms with Crippen molar-refractivity contribution < 1.29 is 9.18 Å². The van der Waals surface area contributed by atoms with Crippen molar-refractivity contribution in [2.45, 2.75) is 11.4 Å². The Hall–Kier alpha value is -1.88. The van der Waals surface area contributed by atoms with E-state index in [1.54, 1.807) is 18.3 Å². The first-order valence-corrected chi connectivity index (χ1v) is 6.82. The van der Waals surface area contributed by atoms with Gasteiger partial charge in [0.15, 0.2) is 0 Å². The second-order valence-corrected chi connectivity index (χ2v) is 4.94. The second kappa shape index (κ2) is 6.89. The Kier molecular flexibility index (Phi) is 4.92. The van der Waals surface area contributed by atoms with E-state index in [0.29, 0.717) is 17.9 Å². The summed E-state index contributed by atoms with van der Waals surface area (Å²) in [5, 5.41) is 3.62. The van der Waals surface area contributed by atoms with E-state index in [-0.39, 0.29) is 11.7 Å². The maximum Gasteiger partial charge on any atom is 0.225 e. The van der Waals surface area contributed by atoms with Gasteiger partial charge in [-0.3, -0.25) is 4.79 Å². The number of carbonyl (C=O) groups is 1. The summed E-state index contributed by atoms with van der Waals surface area (Å²) < 4.78 is 12.7. The van der Waals surface area contributed by atoms with Crippen LogP contribution in [0.1, 0.15) is 6.42 Å². The predicted molar refractivity (Wildman–Crippen MR) is 74.6 cm³/mol. The summed E-state index contributed by atoms with van der Waals surface area (Å²) in [5.41, 5.74) is 0.606. The predicted octanol–water partition coefficient (Wildman–Crippen LogP) is 3.34. The van der Waals surface area contributed by atoms with Gasteiger partial charge >= 0.3 is 0 Å². The van der Waals surface area contributed by atoms with Gasteiger partial charge in [-0.15, -0.1) is 11.8 Å². The molecular formula is C14H13FN2OS. The Morgan fingerprint density at radius 3 is 2.68 bits per heavy atom. The van der Waals surface area contributed by atoms with Crippen molar-refractivity contribution >= 4 is 23.4 Å². The molecule has 19 heavy (non-hydrogen) atoms. The first-order chi connectivity index (χ1) is 9.24. The third-order valence-corrected chi connectivity index (χ3v) is 3.29. The Bertz CT molecular complexity index is 531. The van der Waals surface area contributed by atoms with Crippen LogP contribution in [0.3, 0.4) is 0 Å². The molecule has 3 nitrogen and oxygen atoms in total. The number of anilines is 1. The highest BCUT2D eigenvalue weighted by molar-refractivity contribution is 7.99. The number of nitrogens with zero attached hydrogens (tertiary/aromatic N) is 1. The van der Waals surface area contributed by atoms with Crippen LogP contribution in [0.5, 0.6) is 0 Å². The first kappa shape index (κ1) is 13.5. The molecule has 0 saturated carbocycles. The van der Waals surface area contributed by atoms with Crippen molar-refractivity contribution in [1.29, 1.82) is 0 Å². The van der Waals surface area contributed by atoms with Gasteiger partial charge in [-0.05, 0) is 36.4 Å². The maximum atomic E-state index is 12.7. The molecule has 0 saturated heterocycles. The van der Waals surface area contributed by atoms with Crippen LogP contribution >= 0.6 is 11.8 Å². The SMILES string of the molecule is O=C(CCSc1ccccn1)Nc1ccc(F)cc1. The molecule has 0 atom stereocenters. The standard InChI is InChI=1S/C14H13FN2OS/c15-11-4-6-12(7-5-11)17-13(18)8-10-19-14-3-1-2-9-16-14/h1-7,9H,8,10H2,(H,17,18). The van der Waals surface area contributed by atoms with Gasteiger partial charge in [0.05, 0.1) is 5.03 Å². The molecule has 0 radical (unpaired) electrons. The second-order valence-electron chi connectivity index (χ2n) is 3.82. The average Bonchev–Trinajstić information content (AvgIpc) is 2.43. The summed E-state index contributed by atoms with van der Waals surface area (Å²) >= 11 is 1.53. The molecule has 0 aliphatic carbocycles. The van der Waals surface area contributed by atoms with Crippen molar-refractivity contribution in [3.63, 3.8) is 0 Å². The van der Waals surface area contributed by atoms with Crippen LogP contribution in [0.4, 0.5) is 10.1 Å². The lowest BCUT2D eigenvalue weighted by Crippen LogP contribution is -2.12. The molecule has 1 aromatic carbocycles. The number of hydrogen-bond donors (Lipinski definition) is 1. The van der Waals surface area contributed by atoms with Gasteiger partial charge in [0.25, 0.3) is 0 Å². The van der Waals surface area contributed by atoms with Gasteiger partial charge in [-0.1, -0.05) is 6.07 Å². The minimum absolute atomic E-state index is 0.0879. The van der Waals surface area contributed by atoms with E-state index in [2.05, 4.69) is 10.3 Å². The van der Waals surface area contributed by atoms with Crippen molar-refractivity contribution in [3.8, 4) is 0 Å². The van der Waals surface area contributed by atoms with Crippen LogP contribution in [-0.4, -0.2) is 16.6 Å². The van der Waals surface area contributed by atoms with Gasteiger partial charge in [0.2, 0.25) is 5.91 Å². The zero-order valence-corrected chi connectivity index (χ0v) is 11.0. The van der Waals surface area contributed by atoms with E-state index < -0.39 is 0 Å². The van der Waals surface area contributed by atoms with E-state index in [9.17, 15) is 9.18 Å². The molecule has 0 aliphatic rings. The Balaban J connectivity index is 1.74. The van der Waals surface area contributed by atoms with E-state index in [1.165, 1.54) is 23.9 Å². The Labute approximate surface area is 115 Å². The summed E-state index contributed by atoms with van der Waals surface area (Å²) in [5.74, 6) is 0.253. The van der Waals surface area contributed by atoms with Gasteiger partial charge < -0.3 is 5.32 Å². The summed E-state index contributed by atoms with van der Waals surface area (Å²) in [6, 6.07) is 11.4. The van der Waals surface area contributed by atoms with Crippen LogP contribution < -0.4 is 5.32 Å². The van der Waals surface area contributed by atoms with E-state index in [4.69, 9.17) is 0 Å². The third kappa shape index (κ3) is 4.71. The quantitative estimate of drug-likeness (QED) is 0.852. The normalized spacial score (nSPS) is 10.2. The van der Waals surface area contributed by atoms with Crippen LogP contribution in [0, 0.1) is 5.82 Å². The summed E-state index contributed by atoms with van der Waals surface area (Å²) in [4.78, 5) is 15.8. The fraction of sp³-hybridized carbons (Fsp3) is 0.143. The number of aromatic nitrogens is 1. The molecule has 2 rings (SSSR count). The lowest BCUT2D eigenvalue weighted by atomic mass is 10.3. The summed E-state index contributed by atoms with van der Waals surface area (Å²) in [6.07, 6.45) is 2.11. The summed E-state index contributed by atoms with van der Waals surface area (Å²) in [7, 11) is 0. The maximum absolute atomic E-state index is 12.7. The highest BCUT2D eigenvalue weighted by atomic mass is 32.2. The van der Waals surface area contributed by atoms with Crippen molar-refractivity contribution in [2.75, 3.05) is 11.1 Å². The Morgan fingerprint density at radius 2 is 2.00 bits per heavy atom. The van der Waals surface area contributed by atoms with Crippen LogP contribution in [0.15, 0.2) is 53.7 Å². The van der Waals surface area contributed by atoms with Gasteiger partial charge in [0.1, 0.15) is 5.82 Å². The Morgan fingerprint density at radius 1 is 1.21 bits per heavy atom. The van der Waals surface area contributed by atoms with Gasteiger partial charge in [0, 0.05) is 24.1 Å². The molecule has 5 heteroatoms. The summed E-state index contributed by atoms with van der Waals surface area (Å²) in [6.45, 7) is 0. The fourth-order valence-electron chi connectivity index (χ4n) is 1.44. The van der Waals surface area contributed by atoms with E-state index in [1.807, 2.05) is 18.2 Å². The molecular weight excluding hydrogens is 263 g/mol. The molecule has 1 N–H and O–H groups in total. The molecule has 0 bridgehead atoms. The minimum atomic E-state index is -0.316. The molecule has 2 aromatic rings. The lowest BCUT2D eigenvalue weighted by Gasteiger charge is -2.04. The van der Waals surface area contributed by atoms with Crippen molar-refractivity contribution in [3.05, 3.63) is 54.5 Å². The van der Waals surface area contributed by atoms with Gasteiger partial charge in [-0.2, -0.15) is 0 Å². The number of amides is 1. The molecule has 98 valence electrons. The number of pyridine rings is 1. The number of nitrogens with one attached hydrogen (secondary N) is 1. The smallest absolute Gasteiger partial charge is 0.225 e. The fourth-order valence-corrected chi connectivity index (χ4v) is 2.24. The molecule has 1 aromatic heterocycles. The third-order valence-electron chi connectivity index (χ3n) is 2.34. The lowest BCUT2D eigenvalue weighted by molar-refractivity contribution is -0.115. The molecule has 0 unspecified atom stereocenters. The molecule has 0 fully saturated rings. The van der Waals surface area contributed by atoms with Crippen LogP contribution in [-0.2, 0) is 4.79 Å². The van der Waals surface area contributed by atoms with Crippen molar-refractivity contribution in [2.24, 2.45) is 0 Å². The number of thioether (sulfide) groups is 1. The first-order valence-electron chi connectivity index (χ1n) is 5.83. The minimum Gasteiger partial charge on any atom is -0.326 e. The zero-order valence-electron chi connectivity index (χ0n) is 10.2. The van der Waals surface area contributed by atoms with Crippen LogP contribution in [0.25, 0.3) is 0 Å². The zero-order chi connectivity index (χ0) is 13.5. The average molecular weight is 276 g/mol. The molecule has 1 amide bonds. The number of hydrogen-bond acceptors (Lipinski definition) is 3. The number of rotatable bonds is 5. The number of carbonyl (C=O) groups excluding carboxylic acids is 1. The van der Waals surface area contributed by atoms with Crippen LogP contribution in [0.2, 0.25) is 0 Å². The number of halogens is 1. The topological polar surface area (TPSA) is 42.0 Å². The van der Waals surface area contributed by atoms with E-state index in [0.717, 1.165) is 5.03 Å². The van der Waals surface area contributed by atoms with Crippen molar-refractivity contribution in [1.82, 2.24) is 4.98 Å². The monoisotopic (exact) mass is 276 g/mol. The van der Waals surface area contributed by atoms with E-state index >= 15 is 0 Å².